The Morgan fingerprint density at radius 1 is 1.27 bits per heavy atom. The summed E-state index contributed by atoms with van der Waals surface area (Å²) < 4.78 is 4.76. The minimum Gasteiger partial charge on any atom is -0.504 e. The zero-order valence-electron chi connectivity index (χ0n) is 6.36. The van der Waals surface area contributed by atoms with Crippen LogP contribution >= 0.6 is 11.8 Å². The van der Waals surface area contributed by atoms with Gasteiger partial charge in [0.15, 0.2) is 0 Å². The van der Waals surface area contributed by atoms with Crippen molar-refractivity contribution < 1.29 is 4.74 Å². The summed E-state index contributed by atoms with van der Waals surface area (Å²) in [5.74, 6) is 0. The number of methoxy groups -OCH3 is 1. The Morgan fingerprint density at radius 2 is 2.00 bits per heavy atom. The van der Waals surface area contributed by atoms with Gasteiger partial charge in [-0.3, -0.25) is 0 Å². The maximum atomic E-state index is 4.76. The summed E-state index contributed by atoms with van der Waals surface area (Å²) in [7, 11) is 1.64. The highest BCUT2D eigenvalue weighted by Crippen LogP contribution is 2.17. The van der Waals surface area contributed by atoms with Crippen molar-refractivity contribution in [3.05, 3.63) is 42.0 Å². The number of hydrogen-bond acceptors (Lipinski definition) is 2. The normalized spacial score (nSPS) is 10.3. The molecule has 1 aromatic carbocycles. The summed E-state index contributed by atoms with van der Waals surface area (Å²) in [4.78, 5) is 1.22. The molecule has 0 amide bonds. The van der Waals surface area contributed by atoms with Gasteiger partial charge in [0.2, 0.25) is 0 Å². The Hall–Kier alpha value is -0.890. The maximum absolute atomic E-state index is 4.76. The average Bonchev–Trinajstić information content (AvgIpc) is 2.07. The van der Waals surface area contributed by atoms with Crippen molar-refractivity contribution in [2.45, 2.75) is 4.90 Å². The van der Waals surface area contributed by atoms with Crippen molar-refractivity contribution >= 4 is 11.8 Å². The third kappa shape index (κ3) is 3.14. The van der Waals surface area contributed by atoms with E-state index < -0.39 is 0 Å². The molecule has 0 radical (unpaired) electrons. The van der Waals surface area contributed by atoms with E-state index in [0.717, 1.165) is 0 Å². The van der Waals surface area contributed by atoms with Crippen LogP contribution in [0, 0.1) is 0 Å². The van der Waals surface area contributed by atoms with Gasteiger partial charge < -0.3 is 4.74 Å². The van der Waals surface area contributed by atoms with Crippen molar-refractivity contribution in [3.8, 4) is 0 Å². The van der Waals surface area contributed by atoms with Gasteiger partial charge in [0.1, 0.15) is 0 Å². The van der Waals surface area contributed by atoms with E-state index >= 15 is 0 Å². The molecule has 0 unspecified atom stereocenters. The lowest BCUT2D eigenvalue weighted by atomic mass is 10.4. The van der Waals surface area contributed by atoms with Crippen LogP contribution in [0.4, 0.5) is 0 Å². The van der Waals surface area contributed by atoms with Crippen LogP contribution in [0.5, 0.6) is 0 Å². The van der Waals surface area contributed by atoms with Crippen molar-refractivity contribution in [1.29, 1.82) is 0 Å². The molecule has 0 aromatic heterocycles. The minimum absolute atomic E-state index is 1.22. The summed E-state index contributed by atoms with van der Waals surface area (Å²) in [5.41, 5.74) is 0. The lowest BCUT2D eigenvalue weighted by molar-refractivity contribution is 0.339. The van der Waals surface area contributed by atoms with Crippen molar-refractivity contribution in [3.63, 3.8) is 0 Å². The van der Waals surface area contributed by atoms with E-state index in [-0.39, 0.29) is 0 Å². The highest BCUT2D eigenvalue weighted by molar-refractivity contribution is 8.02. The highest BCUT2D eigenvalue weighted by Gasteiger charge is 1.84. The van der Waals surface area contributed by atoms with Crippen LogP contribution < -0.4 is 0 Å². The fourth-order valence-electron chi connectivity index (χ4n) is 0.661. The standard InChI is InChI=1S/C9H10OS/c1-10-7-8-11-9-5-3-2-4-6-9/h2-8H,1H3/b8-7+. The Kier molecular flexibility index (Phi) is 3.62. The van der Waals surface area contributed by atoms with E-state index in [2.05, 4.69) is 12.1 Å². The molecular weight excluding hydrogens is 156 g/mol. The second-order valence-corrected chi connectivity index (χ2v) is 2.92. The van der Waals surface area contributed by atoms with Crippen molar-refractivity contribution in [1.82, 2.24) is 0 Å². The van der Waals surface area contributed by atoms with Crippen LogP contribution in [0.1, 0.15) is 0 Å². The van der Waals surface area contributed by atoms with Crippen molar-refractivity contribution in [2.24, 2.45) is 0 Å². The van der Waals surface area contributed by atoms with Gasteiger partial charge in [0, 0.05) is 10.3 Å². The van der Waals surface area contributed by atoms with Crippen molar-refractivity contribution in [2.75, 3.05) is 7.11 Å². The van der Waals surface area contributed by atoms with E-state index in [1.165, 1.54) is 4.90 Å². The minimum atomic E-state index is 1.22. The van der Waals surface area contributed by atoms with Gasteiger partial charge in [-0.2, -0.15) is 0 Å². The topological polar surface area (TPSA) is 9.23 Å². The third-order valence-electron chi connectivity index (χ3n) is 1.14. The van der Waals surface area contributed by atoms with Gasteiger partial charge in [-0.25, -0.2) is 0 Å². The largest absolute Gasteiger partial charge is 0.504 e. The van der Waals surface area contributed by atoms with E-state index in [0.29, 0.717) is 0 Å². The van der Waals surface area contributed by atoms with E-state index in [4.69, 9.17) is 4.74 Å². The predicted octanol–water partition coefficient (Wildman–Crippen LogP) is 2.90. The Balaban J connectivity index is 2.45. The molecule has 1 rings (SSSR count). The first-order chi connectivity index (χ1) is 5.43. The number of rotatable bonds is 3. The lowest BCUT2D eigenvalue weighted by Gasteiger charge is -1.92. The summed E-state index contributed by atoms with van der Waals surface area (Å²) in [6, 6.07) is 10.2. The molecule has 0 atom stereocenters. The Labute approximate surface area is 71.1 Å². The molecule has 0 bridgehead atoms. The molecule has 1 aromatic rings. The van der Waals surface area contributed by atoms with Gasteiger partial charge in [-0.05, 0) is 12.1 Å². The molecule has 2 heteroatoms. The van der Waals surface area contributed by atoms with Crippen LogP contribution in [-0.2, 0) is 4.74 Å². The van der Waals surface area contributed by atoms with Crippen LogP contribution in [0.2, 0.25) is 0 Å². The zero-order valence-corrected chi connectivity index (χ0v) is 7.17. The molecule has 0 fully saturated rings. The fraction of sp³-hybridized carbons (Fsp3) is 0.111. The molecule has 1 nitrogen and oxygen atoms in total. The molecule has 0 N–H and O–H groups in total. The molecule has 0 heterocycles. The monoisotopic (exact) mass is 166 g/mol. The first kappa shape index (κ1) is 8.21. The molecule has 11 heavy (non-hydrogen) atoms. The second-order valence-electron chi connectivity index (χ2n) is 1.94. The first-order valence-electron chi connectivity index (χ1n) is 3.33. The SMILES string of the molecule is CO/C=C/Sc1ccccc1. The van der Waals surface area contributed by atoms with Gasteiger partial charge in [-0.15, -0.1) is 0 Å². The predicted molar refractivity (Wildman–Crippen MR) is 48.4 cm³/mol. The molecule has 0 saturated carbocycles. The third-order valence-corrected chi connectivity index (χ3v) is 1.93. The van der Waals surface area contributed by atoms with Gasteiger partial charge in [-0.1, -0.05) is 30.0 Å². The maximum Gasteiger partial charge on any atom is 0.0891 e. The quantitative estimate of drug-likeness (QED) is 0.504. The molecule has 58 valence electrons. The van der Waals surface area contributed by atoms with Crippen LogP contribution in [0.3, 0.4) is 0 Å². The van der Waals surface area contributed by atoms with Crippen LogP contribution in [-0.4, -0.2) is 7.11 Å². The molecule has 0 aliphatic rings. The zero-order chi connectivity index (χ0) is 7.94. The number of thioether (sulfide) groups is 1. The first-order valence-corrected chi connectivity index (χ1v) is 4.21. The number of benzene rings is 1. The highest BCUT2D eigenvalue weighted by atomic mass is 32.2. The van der Waals surface area contributed by atoms with Gasteiger partial charge >= 0.3 is 0 Å². The molecule has 0 aliphatic carbocycles. The second kappa shape index (κ2) is 4.85. The number of ether oxygens (including phenoxy) is 1. The molecule has 0 spiro atoms. The summed E-state index contributed by atoms with van der Waals surface area (Å²) in [6.07, 6.45) is 1.66. The molecule has 0 aliphatic heterocycles. The fourth-order valence-corrected chi connectivity index (χ4v) is 1.30. The lowest BCUT2D eigenvalue weighted by Crippen LogP contribution is -1.65. The smallest absolute Gasteiger partial charge is 0.0891 e. The van der Waals surface area contributed by atoms with E-state index in [1.807, 2.05) is 23.6 Å². The Morgan fingerprint density at radius 3 is 2.64 bits per heavy atom. The molecule has 0 saturated heterocycles. The van der Waals surface area contributed by atoms with Crippen LogP contribution in [0.15, 0.2) is 46.9 Å². The van der Waals surface area contributed by atoms with E-state index in [1.54, 1.807) is 25.1 Å². The summed E-state index contributed by atoms with van der Waals surface area (Å²) in [6.45, 7) is 0. The van der Waals surface area contributed by atoms with Gasteiger partial charge in [0.05, 0.1) is 13.4 Å². The Bertz CT molecular complexity index is 218. The average molecular weight is 166 g/mol. The van der Waals surface area contributed by atoms with Gasteiger partial charge in [0.25, 0.3) is 0 Å². The number of hydrogen-bond donors (Lipinski definition) is 0. The summed E-state index contributed by atoms with van der Waals surface area (Å²) >= 11 is 1.64. The summed E-state index contributed by atoms with van der Waals surface area (Å²) in [5, 5.41) is 1.91. The van der Waals surface area contributed by atoms with E-state index in [9.17, 15) is 0 Å². The van der Waals surface area contributed by atoms with Crippen LogP contribution in [0.25, 0.3) is 0 Å². The molecular formula is C9H10OS.